The van der Waals surface area contributed by atoms with Crippen molar-refractivity contribution >= 4 is 28.9 Å². The Morgan fingerprint density at radius 2 is 2.15 bits per heavy atom. The molecule has 1 fully saturated rings. The summed E-state index contributed by atoms with van der Waals surface area (Å²) in [5.41, 5.74) is 4.41. The van der Waals surface area contributed by atoms with Crippen LogP contribution in [-0.2, 0) is 4.79 Å². The van der Waals surface area contributed by atoms with Crippen LogP contribution in [0.5, 0.6) is 0 Å². The Bertz CT molecular complexity index is 846. The number of rotatable bonds is 4. The Kier molecular flexibility index (Phi) is 4.51. The average molecular weight is 351 g/mol. The lowest BCUT2D eigenvalue weighted by atomic mass is 10.0. The summed E-state index contributed by atoms with van der Waals surface area (Å²) >= 11 is 0. The van der Waals surface area contributed by atoms with Crippen LogP contribution in [0, 0.1) is 6.92 Å². The van der Waals surface area contributed by atoms with Crippen molar-refractivity contribution in [3.05, 3.63) is 41.5 Å². The number of likely N-dealkylation sites (tertiary alicyclic amines) is 1. The van der Waals surface area contributed by atoms with Crippen LogP contribution in [0.4, 0.5) is 11.4 Å². The predicted octanol–water partition coefficient (Wildman–Crippen LogP) is 3.11. The molecule has 3 N–H and O–H groups in total. The molecule has 1 amide bonds. The van der Waals surface area contributed by atoms with E-state index < -0.39 is 0 Å². The number of H-pyrrole nitrogens is 1. The molecule has 2 aliphatic heterocycles. The maximum absolute atomic E-state index is 12.4. The minimum Gasteiger partial charge on any atom is -0.382 e. The van der Waals surface area contributed by atoms with Crippen molar-refractivity contribution in [1.29, 1.82) is 0 Å². The summed E-state index contributed by atoms with van der Waals surface area (Å²) in [4.78, 5) is 22.3. The van der Waals surface area contributed by atoms with Crippen LogP contribution in [0.3, 0.4) is 0 Å². The molecule has 1 aromatic carbocycles. The Hall–Kier alpha value is -2.60. The molecule has 1 aromatic heterocycles. The minimum atomic E-state index is -0.0811. The summed E-state index contributed by atoms with van der Waals surface area (Å²) in [6.07, 6.45) is 5.95. The monoisotopic (exact) mass is 351 g/mol. The number of fused-ring (bicyclic) bond motifs is 1. The van der Waals surface area contributed by atoms with Gasteiger partial charge in [0.2, 0.25) is 0 Å². The molecule has 6 nitrogen and oxygen atoms in total. The first-order chi connectivity index (χ1) is 12.6. The summed E-state index contributed by atoms with van der Waals surface area (Å²) in [5, 5.41) is 6.58. The molecule has 0 saturated carbocycles. The molecule has 4 rings (SSSR count). The maximum Gasteiger partial charge on any atom is 0.256 e. The highest BCUT2D eigenvalue weighted by Crippen LogP contribution is 2.35. The van der Waals surface area contributed by atoms with Gasteiger partial charge in [-0.25, -0.2) is 4.98 Å². The number of piperidine rings is 1. The summed E-state index contributed by atoms with van der Waals surface area (Å²) in [6, 6.07) is 6.58. The van der Waals surface area contributed by atoms with Crippen molar-refractivity contribution < 1.29 is 4.79 Å². The third-order valence-corrected chi connectivity index (χ3v) is 5.21. The van der Waals surface area contributed by atoms with E-state index in [0.717, 1.165) is 55.1 Å². The molecule has 1 saturated heterocycles. The number of aryl methyl sites for hydroxylation is 1. The number of carbonyl (C=O) groups is 1. The normalized spacial score (nSPS) is 19.6. The number of aromatic nitrogens is 2. The van der Waals surface area contributed by atoms with E-state index in [1.165, 1.54) is 0 Å². The lowest BCUT2D eigenvalue weighted by Gasteiger charge is -2.32. The number of amides is 1. The van der Waals surface area contributed by atoms with Crippen LogP contribution in [0.25, 0.3) is 11.6 Å². The summed E-state index contributed by atoms with van der Waals surface area (Å²) in [5.74, 6) is 0.619. The van der Waals surface area contributed by atoms with Gasteiger partial charge in [-0.2, -0.15) is 0 Å². The zero-order chi connectivity index (χ0) is 18.1. The van der Waals surface area contributed by atoms with Crippen LogP contribution < -0.4 is 10.6 Å². The number of aromatic amines is 1. The number of nitrogens with zero attached hydrogens (tertiary/aromatic N) is 2. The van der Waals surface area contributed by atoms with Gasteiger partial charge in [0.1, 0.15) is 5.82 Å². The van der Waals surface area contributed by atoms with E-state index in [4.69, 9.17) is 0 Å². The second kappa shape index (κ2) is 6.96. The van der Waals surface area contributed by atoms with Gasteiger partial charge in [0, 0.05) is 42.3 Å². The highest BCUT2D eigenvalue weighted by Gasteiger charge is 2.25. The molecular weight excluding hydrogens is 326 g/mol. The van der Waals surface area contributed by atoms with Gasteiger partial charge in [0.05, 0.1) is 11.3 Å². The smallest absolute Gasteiger partial charge is 0.256 e. The molecular formula is C20H25N5O. The number of benzene rings is 1. The SMILES string of the molecule is CCN1CCC(Nc2ccc3c(c2)C(=Cc2nc(C)c[nH]2)C(=O)N3)CC1. The van der Waals surface area contributed by atoms with E-state index in [-0.39, 0.29) is 5.91 Å². The molecule has 2 aromatic rings. The zero-order valence-corrected chi connectivity index (χ0v) is 15.3. The van der Waals surface area contributed by atoms with Crippen LogP contribution >= 0.6 is 0 Å². The molecule has 136 valence electrons. The van der Waals surface area contributed by atoms with Crippen molar-refractivity contribution in [1.82, 2.24) is 14.9 Å². The second-order valence-corrected chi connectivity index (χ2v) is 7.05. The molecule has 6 heteroatoms. The fourth-order valence-electron chi connectivity index (χ4n) is 3.69. The molecule has 0 aliphatic carbocycles. The Morgan fingerprint density at radius 1 is 1.35 bits per heavy atom. The van der Waals surface area contributed by atoms with E-state index in [1.807, 2.05) is 31.3 Å². The quantitative estimate of drug-likeness (QED) is 0.740. The van der Waals surface area contributed by atoms with Crippen molar-refractivity contribution in [2.75, 3.05) is 30.3 Å². The largest absolute Gasteiger partial charge is 0.382 e. The average Bonchev–Trinajstić information content (AvgIpc) is 3.19. The summed E-state index contributed by atoms with van der Waals surface area (Å²) in [7, 11) is 0. The maximum atomic E-state index is 12.4. The van der Waals surface area contributed by atoms with Crippen molar-refractivity contribution in [2.45, 2.75) is 32.7 Å². The number of anilines is 2. The van der Waals surface area contributed by atoms with Gasteiger partial charge in [-0.1, -0.05) is 6.92 Å². The molecule has 3 heterocycles. The van der Waals surface area contributed by atoms with E-state index in [1.54, 1.807) is 0 Å². The van der Waals surface area contributed by atoms with E-state index in [2.05, 4.69) is 38.5 Å². The van der Waals surface area contributed by atoms with E-state index >= 15 is 0 Å². The van der Waals surface area contributed by atoms with Gasteiger partial charge in [0.15, 0.2) is 0 Å². The lowest BCUT2D eigenvalue weighted by Crippen LogP contribution is -2.38. The van der Waals surface area contributed by atoms with Gasteiger partial charge in [-0.15, -0.1) is 0 Å². The molecule has 26 heavy (non-hydrogen) atoms. The van der Waals surface area contributed by atoms with Crippen LogP contribution in [-0.4, -0.2) is 46.5 Å². The first-order valence-electron chi connectivity index (χ1n) is 9.31. The Labute approximate surface area is 153 Å². The van der Waals surface area contributed by atoms with Gasteiger partial charge in [-0.05, 0) is 50.6 Å². The number of nitrogens with one attached hydrogen (secondary N) is 3. The highest BCUT2D eigenvalue weighted by molar-refractivity contribution is 6.34. The number of imidazole rings is 1. The molecule has 0 radical (unpaired) electrons. The topological polar surface area (TPSA) is 73.0 Å². The van der Waals surface area contributed by atoms with Gasteiger partial charge >= 0.3 is 0 Å². The van der Waals surface area contributed by atoms with Crippen molar-refractivity contribution in [3.63, 3.8) is 0 Å². The molecule has 0 unspecified atom stereocenters. The molecule has 0 bridgehead atoms. The Balaban J connectivity index is 1.54. The van der Waals surface area contributed by atoms with Crippen LogP contribution in [0.1, 0.15) is 36.8 Å². The highest BCUT2D eigenvalue weighted by atomic mass is 16.2. The lowest BCUT2D eigenvalue weighted by molar-refractivity contribution is -0.110. The van der Waals surface area contributed by atoms with E-state index in [0.29, 0.717) is 17.4 Å². The summed E-state index contributed by atoms with van der Waals surface area (Å²) < 4.78 is 0. The summed E-state index contributed by atoms with van der Waals surface area (Å²) in [6.45, 7) is 7.55. The number of hydrogen-bond donors (Lipinski definition) is 3. The minimum absolute atomic E-state index is 0.0811. The molecule has 0 atom stereocenters. The standard InChI is InChI=1S/C20H25N5O/c1-3-25-8-6-14(7-9-25)23-15-4-5-18-16(10-15)17(20(26)24-18)11-19-21-12-13(2)22-19/h4-5,10-12,14,23H,3,6-9H2,1-2H3,(H,21,22)(H,24,26). The fourth-order valence-corrected chi connectivity index (χ4v) is 3.69. The predicted molar refractivity (Wildman–Crippen MR) is 105 cm³/mol. The number of hydrogen-bond acceptors (Lipinski definition) is 4. The fraction of sp³-hybridized carbons (Fsp3) is 0.400. The van der Waals surface area contributed by atoms with Crippen molar-refractivity contribution in [3.8, 4) is 0 Å². The molecule has 0 spiro atoms. The first-order valence-corrected chi connectivity index (χ1v) is 9.31. The van der Waals surface area contributed by atoms with Crippen LogP contribution in [0.2, 0.25) is 0 Å². The second-order valence-electron chi connectivity index (χ2n) is 7.05. The van der Waals surface area contributed by atoms with Crippen LogP contribution in [0.15, 0.2) is 24.4 Å². The third-order valence-electron chi connectivity index (χ3n) is 5.21. The third kappa shape index (κ3) is 3.37. The van der Waals surface area contributed by atoms with Crippen molar-refractivity contribution in [2.24, 2.45) is 0 Å². The van der Waals surface area contributed by atoms with Gasteiger partial charge < -0.3 is 20.5 Å². The van der Waals surface area contributed by atoms with Gasteiger partial charge in [0.25, 0.3) is 5.91 Å². The van der Waals surface area contributed by atoms with Gasteiger partial charge in [-0.3, -0.25) is 4.79 Å². The number of carbonyl (C=O) groups excluding carboxylic acids is 1. The van der Waals surface area contributed by atoms with E-state index in [9.17, 15) is 4.79 Å². The molecule has 2 aliphatic rings. The zero-order valence-electron chi connectivity index (χ0n) is 15.3. The first kappa shape index (κ1) is 16.8. The Morgan fingerprint density at radius 3 is 2.85 bits per heavy atom.